The summed E-state index contributed by atoms with van der Waals surface area (Å²) in [6, 6.07) is 0. The lowest BCUT2D eigenvalue weighted by atomic mass is 10.7. The van der Waals surface area contributed by atoms with Gasteiger partial charge < -0.3 is 5.53 Å². The van der Waals surface area contributed by atoms with Gasteiger partial charge in [0.2, 0.25) is 0 Å². The fraction of sp³-hybridized carbons (Fsp3) is 0.500. The van der Waals surface area contributed by atoms with Gasteiger partial charge in [0.1, 0.15) is 0 Å². The lowest BCUT2D eigenvalue weighted by Gasteiger charge is -2.10. The molecule has 0 atom stereocenters. The molecule has 56 valence electrons. The van der Waals surface area contributed by atoms with Crippen molar-refractivity contribution in [2.75, 3.05) is 14.2 Å². The van der Waals surface area contributed by atoms with Crippen LogP contribution in [0.5, 0.6) is 0 Å². The van der Waals surface area contributed by atoms with Gasteiger partial charge in [-0.05, 0) is 0 Å². The number of hydrogen-bond donors (Lipinski definition) is 0. The molecule has 0 aliphatic carbocycles. The lowest BCUT2D eigenvalue weighted by molar-refractivity contribution is -0.313. The number of nitrogens with zero attached hydrogens (tertiary/aromatic N) is 3. The summed E-state index contributed by atoms with van der Waals surface area (Å²) in [6.07, 6.45) is 0.646. The SMILES string of the molecule is CON(OC)C(=O)C=[N+]=[N-]. The number of rotatable bonds is 3. The Labute approximate surface area is 57.5 Å². The van der Waals surface area contributed by atoms with Gasteiger partial charge in [0.05, 0.1) is 14.2 Å². The molecule has 0 spiro atoms. The molecule has 10 heavy (non-hydrogen) atoms. The Balaban J connectivity index is 4.01. The maximum Gasteiger partial charge on any atom is 0.377 e. The van der Waals surface area contributed by atoms with Gasteiger partial charge in [-0.15, -0.1) is 0 Å². The van der Waals surface area contributed by atoms with Crippen molar-refractivity contribution in [3.05, 3.63) is 5.53 Å². The third-order valence-electron chi connectivity index (χ3n) is 0.680. The molecule has 0 unspecified atom stereocenters. The molecule has 0 rings (SSSR count). The summed E-state index contributed by atoms with van der Waals surface area (Å²) < 4.78 is 0. The van der Waals surface area contributed by atoms with Gasteiger partial charge in [0.25, 0.3) is 0 Å². The van der Waals surface area contributed by atoms with E-state index < -0.39 is 5.91 Å². The van der Waals surface area contributed by atoms with E-state index in [9.17, 15) is 4.79 Å². The molecule has 0 radical (unpaired) electrons. The van der Waals surface area contributed by atoms with Crippen LogP contribution < -0.4 is 0 Å². The average Bonchev–Trinajstić information content (AvgIpc) is 1.91. The van der Waals surface area contributed by atoms with E-state index in [0.29, 0.717) is 11.4 Å². The summed E-state index contributed by atoms with van der Waals surface area (Å²) >= 11 is 0. The summed E-state index contributed by atoms with van der Waals surface area (Å²) in [6.45, 7) is 0. The Morgan fingerprint density at radius 1 is 1.60 bits per heavy atom. The minimum absolute atomic E-state index is 0.555. The third kappa shape index (κ3) is 2.36. The number of carbonyl (C=O) groups excluding carboxylic acids is 1. The van der Waals surface area contributed by atoms with Crippen LogP contribution in [0.4, 0.5) is 0 Å². The number of hydrogen-bond acceptors (Lipinski definition) is 3. The topological polar surface area (TPSA) is 75.2 Å². The predicted molar refractivity (Wildman–Crippen MR) is 30.5 cm³/mol. The minimum atomic E-state index is -0.701. The normalized spacial score (nSPS) is 8.20. The monoisotopic (exact) mass is 145 g/mol. The second-order valence-electron chi connectivity index (χ2n) is 1.21. The number of amides is 1. The Bertz CT molecular complexity index is 159. The smallest absolute Gasteiger partial charge is 0.361 e. The van der Waals surface area contributed by atoms with E-state index in [1.807, 2.05) is 0 Å². The van der Waals surface area contributed by atoms with Crippen molar-refractivity contribution in [3.63, 3.8) is 0 Å². The highest BCUT2D eigenvalue weighted by Crippen LogP contribution is 1.85. The first-order chi connectivity index (χ1) is 4.76. The maximum atomic E-state index is 10.6. The third-order valence-corrected chi connectivity index (χ3v) is 0.680. The molecule has 1 amide bonds. The quantitative estimate of drug-likeness (QED) is 0.226. The molecule has 6 heteroatoms. The van der Waals surface area contributed by atoms with Crippen LogP contribution in [0.2, 0.25) is 0 Å². The predicted octanol–water partition coefficient (Wildman–Crippen LogP) is -0.762. The fourth-order valence-corrected chi connectivity index (χ4v) is 0.351. The molecule has 0 aliphatic rings. The molecule has 0 aromatic heterocycles. The molecular weight excluding hydrogens is 138 g/mol. The van der Waals surface area contributed by atoms with Crippen LogP contribution in [0.15, 0.2) is 0 Å². The van der Waals surface area contributed by atoms with E-state index >= 15 is 0 Å². The van der Waals surface area contributed by atoms with Crippen molar-refractivity contribution >= 4 is 12.1 Å². The van der Waals surface area contributed by atoms with Gasteiger partial charge in [0, 0.05) is 0 Å². The van der Waals surface area contributed by atoms with Crippen LogP contribution in [0, 0.1) is 0 Å². The first-order valence-corrected chi connectivity index (χ1v) is 2.36. The van der Waals surface area contributed by atoms with Crippen LogP contribution in [0.3, 0.4) is 0 Å². The van der Waals surface area contributed by atoms with Crippen molar-refractivity contribution in [2.24, 2.45) is 0 Å². The summed E-state index contributed by atoms with van der Waals surface area (Å²) in [7, 11) is 2.49. The van der Waals surface area contributed by atoms with Gasteiger partial charge in [0.15, 0.2) is 0 Å². The van der Waals surface area contributed by atoms with Crippen LogP contribution in [0.1, 0.15) is 0 Å². The molecule has 6 nitrogen and oxygen atoms in total. The van der Waals surface area contributed by atoms with Crippen LogP contribution in [-0.2, 0) is 14.5 Å². The second kappa shape index (κ2) is 4.63. The average molecular weight is 145 g/mol. The zero-order valence-electron chi connectivity index (χ0n) is 5.64. The Kier molecular flexibility index (Phi) is 4.06. The molecule has 0 fully saturated rings. The molecule has 0 aromatic rings. The van der Waals surface area contributed by atoms with Gasteiger partial charge in [-0.3, -0.25) is 4.79 Å². The number of carbonyl (C=O) groups is 1. The van der Waals surface area contributed by atoms with Gasteiger partial charge in [-0.1, -0.05) is 5.23 Å². The zero-order chi connectivity index (χ0) is 7.98. The summed E-state index contributed by atoms with van der Waals surface area (Å²) in [5, 5.41) is 0.555. The van der Waals surface area contributed by atoms with E-state index in [-0.39, 0.29) is 0 Å². The Morgan fingerprint density at radius 2 is 2.10 bits per heavy atom. The van der Waals surface area contributed by atoms with Gasteiger partial charge in [-0.25, -0.2) is 9.68 Å². The van der Waals surface area contributed by atoms with E-state index in [2.05, 4.69) is 14.5 Å². The Hall–Kier alpha value is -1.23. The largest absolute Gasteiger partial charge is 0.377 e. The highest BCUT2D eigenvalue weighted by atomic mass is 16.9. The summed E-state index contributed by atoms with van der Waals surface area (Å²) in [4.78, 5) is 21.8. The highest BCUT2D eigenvalue weighted by Gasteiger charge is 2.12. The van der Waals surface area contributed by atoms with E-state index in [1.165, 1.54) is 14.2 Å². The van der Waals surface area contributed by atoms with Crippen LogP contribution >= 0.6 is 0 Å². The second-order valence-corrected chi connectivity index (χ2v) is 1.21. The first kappa shape index (κ1) is 8.77. The maximum absolute atomic E-state index is 10.6. The molecule has 0 aromatic carbocycles. The van der Waals surface area contributed by atoms with E-state index in [0.717, 1.165) is 0 Å². The molecule has 0 heterocycles. The van der Waals surface area contributed by atoms with E-state index in [1.54, 1.807) is 0 Å². The molecule has 0 bridgehead atoms. The minimum Gasteiger partial charge on any atom is -0.361 e. The molecule has 0 saturated heterocycles. The highest BCUT2D eigenvalue weighted by molar-refractivity contribution is 6.22. The van der Waals surface area contributed by atoms with Gasteiger partial charge >= 0.3 is 12.1 Å². The molecular formula is C4H7N3O3. The first-order valence-electron chi connectivity index (χ1n) is 2.36. The zero-order valence-corrected chi connectivity index (χ0v) is 5.64. The van der Waals surface area contributed by atoms with Crippen molar-refractivity contribution in [1.29, 1.82) is 0 Å². The van der Waals surface area contributed by atoms with E-state index in [4.69, 9.17) is 5.53 Å². The van der Waals surface area contributed by atoms with Crippen molar-refractivity contribution in [2.45, 2.75) is 0 Å². The van der Waals surface area contributed by atoms with Crippen LogP contribution in [0.25, 0.3) is 5.53 Å². The molecule has 0 aliphatic heterocycles. The van der Waals surface area contributed by atoms with Gasteiger partial charge in [-0.2, -0.15) is 4.79 Å². The molecule has 0 N–H and O–H groups in total. The van der Waals surface area contributed by atoms with Crippen LogP contribution in [-0.4, -0.2) is 36.4 Å². The summed E-state index contributed by atoms with van der Waals surface area (Å²) in [5.41, 5.74) is 7.89. The lowest BCUT2D eigenvalue weighted by Crippen LogP contribution is -2.29. The molecule has 0 saturated carbocycles. The van der Waals surface area contributed by atoms with Crippen molar-refractivity contribution in [3.8, 4) is 0 Å². The summed E-state index contributed by atoms with van der Waals surface area (Å²) in [5.74, 6) is -0.701. The Morgan fingerprint density at radius 3 is 2.40 bits per heavy atom. The standard InChI is InChI=1S/C4H7N3O3/c1-9-7(10-2)4(8)3-6-5/h3H,1-2H3. The van der Waals surface area contributed by atoms with Crippen molar-refractivity contribution in [1.82, 2.24) is 5.23 Å². The van der Waals surface area contributed by atoms with Crippen molar-refractivity contribution < 1.29 is 19.3 Å². The number of hydroxylamine groups is 2. The fourth-order valence-electron chi connectivity index (χ4n) is 0.351.